The Bertz CT molecular complexity index is 478. The summed E-state index contributed by atoms with van der Waals surface area (Å²) in [6.45, 7) is 21.4. The quantitative estimate of drug-likeness (QED) is 0.445. The van der Waals surface area contributed by atoms with Crippen LogP contribution in [0.5, 0.6) is 0 Å². The molecule has 3 unspecified atom stereocenters. The van der Waals surface area contributed by atoms with Gasteiger partial charge in [0.2, 0.25) is 0 Å². The molecule has 0 saturated carbocycles. The maximum absolute atomic E-state index is 11.6. The molecule has 0 bridgehead atoms. The highest BCUT2D eigenvalue weighted by atomic mass is 16.5. The summed E-state index contributed by atoms with van der Waals surface area (Å²) in [5.41, 5.74) is -1.76. The first-order valence-electron chi connectivity index (χ1n) is 8.98. The average molecular weight is 376 g/mol. The normalized spacial score (nSPS) is 18.6. The second-order valence-corrected chi connectivity index (χ2v) is 10.1. The fraction of sp³-hybridized carbons (Fsp3) is 0.900. The number of carbonyl (C=O) groups is 2. The summed E-state index contributed by atoms with van der Waals surface area (Å²) in [4.78, 5) is 23.0. The average Bonchev–Trinajstić information content (AvgIpc) is 2.40. The first-order chi connectivity index (χ1) is 11.1. The summed E-state index contributed by atoms with van der Waals surface area (Å²) in [7, 11) is 0. The molecule has 1 amide bonds. The Kier molecular flexibility index (Phi) is 8.76. The fourth-order valence-electron chi connectivity index (χ4n) is 3.15. The van der Waals surface area contributed by atoms with Gasteiger partial charge in [0.1, 0.15) is 5.78 Å². The van der Waals surface area contributed by atoms with Crippen LogP contribution < -0.4 is 5.48 Å². The minimum absolute atomic E-state index is 0.0347. The predicted molar refractivity (Wildman–Crippen MR) is 104 cm³/mol. The molecule has 26 heavy (non-hydrogen) atoms. The number of ketones is 1. The lowest BCUT2D eigenvalue weighted by molar-refractivity contribution is -0.156. The second kappa shape index (κ2) is 8.36. The zero-order valence-electron chi connectivity index (χ0n) is 18.7. The van der Waals surface area contributed by atoms with Crippen LogP contribution in [-0.4, -0.2) is 38.8 Å². The summed E-state index contributed by atoms with van der Waals surface area (Å²) in [6, 6.07) is 0. The van der Waals surface area contributed by atoms with Crippen LogP contribution in [0.15, 0.2) is 0 Å². The van der Waals surface area contributed by atoms with Crippen molar-refractivity contribution < 1.29 is 25.0 Å². The lowest BCUT2D eigenvalue weighted by Gasteiger charge is -2.48. The zero-order chi connectivity index (χ0) is 21.9. The number of nitrogens with one attached hydrogen (secondary N) is 1. The molecule has 0 aromatic heterocycles. The number of amides is 1. The molecule has 0 aliphatic carbocycles. The molecule has 0 fully saturated rings. The Morgan fingerprint density at radius 3 is 1.23 bits per heavy atom. The highest BCUT2D eigenvalue weighted by Crippen LogP contribution is 2.47. The lowest BCUT2D eigenvalue weighted by atomic mass is 9.58. The van der Waals surface area contributed by atoms with Crippen molar-refractivity contribution >= 4 is 11.7 Å². The Morgan fingerprint density at radius 1 is 0.846 bits per heavy atom. The number of hydrogen-bond donors (Lipinski definition) is 4. The van der Waals surface area contributed by atoms with Gasteiger partial charge in [-0.2, -0.15) is 0 Å². The van der Waals surface area contributed by atoms with Crippen LogP contribution in [0, 0.1) is 21.7 Å². The first-order valence-corrected chi connectivity index (χ1v) is 8.98. The van der Waals surface area contributed by atoms with Gasteiger partial charge in [0.25, 0.3) is 5.91 Å². The molecule has 0 saturated heterocycles. The lowest BCUT2D eigenvalue weighted by Crippen LogP contribution is -2.54. The summed E-state index contributed by atoms with van der Waals surface area (Å²) < 4.78 is 0. The van der Waals surface area contributed by atoms with E-state index in [4.69, 9.17) is 5.21 Å². The topological polar surface area (TPSA) is 107 Å². The van der Waals surface area contributed by atoms with E-state index in [2.05, 4.69) is 0 Å². The largest absolute Gasteiger partial charge is 0.392 e. The third-order valence-corrected chi connectivity index (χ3v) is 6.39. The van der Waals surface area contributed by atoms with E-state index >= 15 is 0 Å². The van der Waals surface area contributed by atoms with Gasteiger partial charge in [0.15, 0.2) is 0 Å². The minimum Gasteiger partial charge on any atom is -0.392 e. The summed E-state index contributed by atoms with van der Waals surface area (Å²) in [5.74, 6) is -0.525. The molecule has 6 heteroatoms. The second-order valence-electron chi connectivity index (χ2n) is 10.1. The number of Topliss-reactive ketones (excluding diaryl/α,β-unsaturated/α-hetero) is 1. The Balaban J connectivity index is 0. The van der Waals surface area contributed by atoms with Crippen LogP contribution in [-0.2, 0) is 9.59 Å². The zero-order valence-corrected chi connectivity index (χ0v) is 18.7. The van der Waals surface area contributed by atoms with Crippen LogP contribution in [0.1, 0.15) is 83.1 Å². The molecule has 0 spiro atoms. The number of aliphatic hydroxyl groups excluding tert-OH is 1. The fourth-order valence-corrected chi connectivity index (χ4v) is 3.15. The highest BCUT2D eigenvalue weighted by molar-refractivity contribution is 5.84. The van der Waals surface area contributed by atoms with Crippen LogP contribution in [0.25, 0.3) is 0 Å². The van der Waals surface area contributed by atoms with E-state index in [0.29, 0.717) is 0 Å². The van der Waals surface area contributed by atoms with Gasteiger partial charge in [-0.25, -0.2) is 5.48 Å². The van der Waals surface area contributed by atoms with E-state index in [-0.39, 0.29) is 11.2 Å². The number of rotatable bonds is 4. The summed E-state index contributed by atoms with van der Waals surface area (Å²) in [5, 5.41) is 28.1. The monoisotopic (exact) mass is 375 g/mol. The Labute approximate surface area is 159 Å². The third kappa shape index (κ3) is 5.27. The van der Waals surface area contributed by atoms with E-state index in [0.717, 1.165) is 0 Å². The number of aliphatic hydroxyl groups is 2. The van der Waals surface area contributed by atoms with Crippen molar-refractivity contribution in [1.29, 1.82) is 0 Å². The summed E-state index contributed by atoms with van der Waals surface area (Å²) in [6.07, 6.45) is -0.820. The minimum atomic E-state index is -0.998. The molecule has 0 heterocycles. The van der Waals surface area contributed by atoms with Crippen LogP contribution >= 0.6 is 0 Å². The molecule has 0 aliphatic rings. The van der Waals surface area contributed by atoms with Crippen LogP contribution in [0.2, 0.25) is 0 Å². The van der Waals surface area contributed by atoms with Gasteiger partial charge in [-0.15, -0.1) is 0 Å². The first kappa shape index (κ1) is 27.2. The maximum Gasteiger partial charge on any atom is 0.252 e. The molecule has 3 atom stereocenters. The molecule has 156 valence electrons. The molecule has 0 radical (unpaired) electrons. The van der Waals surface area contributed by atoms with Crippen molar-refractivity contribution in [2.45, 2.75) is 94.8 Å². The maximum atomic E-state index is 11.6. The van der Waals surface area contributed by atoms with Crippen molar-refractivity contribution in [2.24, 2.45) is 21.7 Å². The van der Waals surface area contributed by atoms with Gasteiger partial charge in [0.05, 0.1) is 22.5 Å². The van der Waals surface area contributed by atoms with Gasteiger partial charge in [0, 0.05) is 0 Å². The van der Waals surface area contributed by atoms with E-state index in [1.165, 1.54) is 0 Å². The predicted octanol–water partition coefficient (Wildman–Crippen LogP) is 3.32. The van der Waals surface area contributed by atoms with Gasteiger partial charge in [-0.3, -0.25) is 14.8 Å². The van der Waals surface area contributed by atoms with E-state index in [9.17, 15) is 19.8 Å². The Morgan fingerprint density at radius 2 is 1.19 bits per heavy atom. The molecule has 0 aromatic rings. The van der Waals surface area contributed by atoms with Crippen LogP contribution in [0.4, 0.5) is 0 Å². The molecular weight excluding hydrogens is 334 g/mol. The number of hydroxylamine groups is 1. The van der Waals surface area contributed by atoms with Gasteiger partial charge < -0.3 is 10.2 Å². The standard InChI is InChI=1S/C11H22O2.C9H19NO3/c1-8(12)11(7,9(2,3)4)10(5,6)13;1-6(11)9(5,7(12)10-13)8(2,3)4/h13H,1-7H3;6,11,13H,1-5H3,(H,10,12). The smallest absolute Gasteiger partial charge is 0.252 e. The van der Waals surface area contributed by atoms with Crippen LogP contribution in [0.3, 0.4) is 0 Å². The molecular formula is C20H41NO5. The van der Waals surface area contributed by atoms with E-state index < -0.39 is 33.9 Å². The van der Waals surface area contributed by atoms with Crippen molar-refractivity contribution in [3.8, 4) is 0 Å². The highest BCUT2D eigenvalue weighted by Gasteiger charge is 2.52. The van der Waals surface area contributed by atoms with Crippen molar-refractivity contribution in [1.82, 2.24) is 5.48 Å². The summed E-state index contributed by atoms with van der Waals surface area (Å²) >= 11 is 0. The molecule has 0 aromatic carbocycles. The van der Waals surface area contributed by atoms with Crippen molar-refractivity contribution in [3.05, 3.63) is 0 Å². The van der Waals surface area contributed by atoms with Crippen molar-refractivity contribution in [2.75, 3.05) is 0 Å². The number of carbonyl (C=O) groups excluding carboxylic acids is 2. The molecule has 4 N–H and O–H groups in total. The SMILES string of the molecule is CC(=O)C(C)(C(C)(C)C)C(C)(C)O.CC(O)C(C)(C(=O)NO)C(C)(C)C. The Hall–Kier alpha value is -0.980. The van der Waals surface area contributed by atoms with Crippen molar-refractivity contribution in [3.63, 3.8) is 0 Å². The van der Waals surface area contributed by atoms with E-state index in [1.54, 1.807) is 40.1 Å². The van der Waals surface area contributed by atoms with Gasteiger partial charge in [-0.05, 0) is 52.4 Å². The van der Waals surface area contributed by atoms with Gasteiger partial charge >= 0.3 is 0 Å². The third-order valence-electron chi connectivity index (χ3n) is 6.39. The van der Waals surface area contributed by atoms with Gasteiger partial charge in [-0.1, -0.05) is 41.5 Å². The number of hydrogen-bond acceptors (Lipinski definition) is 5. The molecule has 0 aliphatic heterocycles. The van der Waals surface area contributed by atoms with E-state index in [1.807, 2.05) is 48.5 Å². The molecule has 0 rings (SSSR count). The molecule has 6 nitrogen and oxygen atoms in total.